The summed E-state index contributed by atoms with van der Waals surface area (Å²) in [6.45, 7) is -0.553. The molecule has 8 heteroatoms. The number of hydrogen-bond acceptors (Lipinski definition) is 7. The van der Waals surface area contributed by atoms with E-state index in [2.05, 4.69) is 10.1 Å². The monoisotopic (exact) mass is 358 g/mol. The number of ether oxygens (including phenoxy) is 3. The van der Waals surface area contributed by atoms with Gasteiger partial charge < -0.3 is 18.7 Å². The van der Waals surface area contributed by atoms with Crippen LogP contribution in [0.1, 0.15) is 5.89 Å². The van der Waals surface area contributed by atoms with Crippen LogP contribution in [0.15, 0.2) is 53.1 Å². The first-order valence-electron chi connectivity index (χ1n) is 7.65. The second-order valence-corrected chi connectivity index (χ2v) is 5.15. The Kier molecular flexibility index (Phi) is 5.43. The number of aromatic nitrogens is 2. The molecule has 3 rings (SSSR count). The molecule has 0 radical (unpaired) electrons. The number of esters is 1. The number of methoxy groups -OCH3 is 1. The molecule has 0 unspecified atom stereocenters. The zero-order valence-corrected chi connectivity index (χ0v) is 13.8. The van der Waals surface area contributed by atoms with Gasteiger partial charge in [-0.3, -0.25) is 0 Å². The lowest BCUT2D eigenvalue weighted by Crippen LogP contribution is -2.14. The quantitative estimate of drug-likeness (QED) is 0.600. The van der Waals surface area contributed by atoms with E-state index in [1.807, 2.05) is 0 Å². The number of hydrogen-bond donors (Lipinski definition) is 0. The van der Waals surface area contributed by atoms with Crippen LogP contribution < -0.4 is 9.47 Å². The molecule has 0 aliphatic rings. The number of nitrogens with zero attached hydrogens (tertiary/aromatic N) is 2. The SMILES string of the molecule is COc1cccc(-c2noc(COC(=O)COc3cccc(F)c3)n2)c1. The second kappa shape index (κ2) is 8.11. The third-order valence-electron chi connectivity index (χ3n) is 3.31. The van der Waals surface area contributed by atoms with E-state index >= 15 is 0 Å². The topological polar surface area (TPSA) is 83.7 Å². The molecule has 1 aromatic heterocycles. The summed E-state index contributed by atoms with van der Waals surface area (Å²) in [6.07, 6.45) is 0. The van der Waals surface area contributed by atoms with Crippen LogP contribution in [-0.4, -0.2) is 29.8 Å². The number of rotatable bonds is 7. The molecule has 0 spiro atoms. The average Bonchev–Trinajstić information content (AvgIpc) is 3.14. The molecule has 7 nitrogen and oxygen atoms in total. The molecule has 26 heavy (non-hydrogen) atoms. The van der Waals surface area contributed by atoms with Crippen molar-refractivity contribution in [1.29, 1.82) is 0 Å². The molecule has 0 N–H and O–H groups in total. The van der Waals surface area contributed by atoms with Crippen molar-refractivity contribution in [3.8, 4) is 22.9 Å². The molecular formula is C18H15FN2O5. The summed E-state index contributed by atoms with van der Waals surface area (Å²) in [5, 5.41) is 3.84. The largest absolute Gasteiger partial charge is 0.497 e. The van der Waals surface area contributed by atoms with Crippen molar-refractivity contribution < 1.29 is 27.9 Å². The van der Waals surface area contributed by atoms with Gasteiger partial charge in [0.05, 0.1) is 7.11 Å². The van der Waals surface area contributed by atoms with Gasteiger partial charge >= 0.3 is 5.97 Å². The molecule has 0 bridgehead atoms. The van der Waals surface area contributed by atoms with Gasteiger partial charge in [0.15, 0.2) is 13.2 Å². The third-order valence-corrected chi connectivity index (χ3v) is 3.31. The number of carbonyl (C=O) groups is 1. The Balaban J connectivity index is 1.52. The maximum absolute atomic E-state index is 13.0. The lowest BCUT2D eigenvalue weighted by Gasteiger charge is -2.05. The zero-order chi connectivity index (χ0) is 18.4. The second-order valence-electron chi connectivity index (χ2n) is 5.15. The fourth-order valence-corrected chi connectivity index (χ4v) is 2.08. The Morgan fingerprint density at radius 1 is 1.15 bits per heavy atom. The number of benzene rings is 2. The zero-order valence-electron chi connectivity index (χ0n) is 13.8. The predicted molar refractivity (Wildman–Crippen MR) is 88.0 cm³/mol. The average molecular weight is 358 g/mol. The molecule has 2 aromatic carbocycles. The Hall–Kier alpha value is -3.42. The van der Waals surface area contributed by atoms with Crippen LogP contribution in [0.5, 0.6) is 11.5 Å². The minimum atomic E-state index is -0.643. The third kappa shape index (κ3) is 4.56. The molecule has 0 saturated carbocycles. The summed E-state index contributed by atoms with van der Waals surface area (Å²) >= 11 is 0. The van der Waals surface area contributed by atoms with Crippen LogP contribution in [0.2, 0.25) is 0 Å². The molecule has 1 heterocycles. The van der Waals surface area contributed by atoms with Gasteiger partial charge in [-0.15, -0.1) is 0 Å². The Morgan fingerprint density at radius 2 is 1.96 bits per heavy atom. The maximum atomic E-state index is 13.0. The summed E-state index contributed by atoms with van der Waals surface area (Å²) < 4.78 is 33.3. The van der Waals surface area contributed by atoms with Gasteiger partial charge in [-0.1, -0.05) is 23.4 Å². The smallest absolute Gasteiger partial charge is 0.344 e. The first-order chi connectivity index (χ1) is 12.6. The minimum absolute atomic E-state index is 0.141. The van der Waals surface area contributed by atoms with E-state index in [-0.39, 0.29) is 24.9 Å². The van der Waals surface area contributed by atoms with Gasteiger partial charge in [0.1, 0.15) is 17.3 Å². The summed E-state index contributed by atoms with van der Waals surface area (Å²) in [7, 11) is 1.56. The molecule has 0 atom stereocenters. The van der Waals surface area contributed by atoms with Crippen molar-refractivity contribution in [1.82, 2.24) is 10.1 Å². The highest BCUT2D eigenvalue weighted by Gasteiger charge is 2.12. The van der Waals surface area contributed by atoms with E-state index in [0.717, 1.165) is 0 Å². The van der Waals surface area contributed by atoms with Crippen LogP contribution in [0, 0.1) is 5.82 Å². The fourth-order valence-electron chi connectivity index (χ4n) is 2.08. The van der Waals surface area contributed by atoms with Gasteiger partial charge in [0.25, 0.3) is 5.89 Å². The normalized spacial score (nSPS) is 10.4. The van der Waals surface area contributed by atoms with E-state index in [0.29, 0.717) is 17.1 Å². The van der Waals surface area contributed by atoms with Crippen LogP contribution in [0.4, 0.5) is 4.39 Å². The Bertz CT molecular complexity index is 897. The number of halogens is 1. The van der Waals surface area contributed by atoms with Crippen LogP contribution >= 0.6 is 0 Å². The summed E-state index contributed by atoms with van der Waals surface area (Å²) in [4.78, 5) is 15.8. The molecule has 134 valence electrons. The molecule has 3 aromatic rings. The molecule has 0 saturated heterocycles. The van der Waals surface area contributed by atoms with E-state index in [9.17, 15) is 9.18 Å². The lowest BCUT2D eigenvalue weighted by molar-refractivity contribution is -0.148. The molecule has 0 amide bonds. The van der Waals surface area contributed by atoms with Gasteiger partial charge in [-0.2, -0.15) is 4.98 Å². The molecular weight excluding hydrogens is 343 g/mol. The Morgan fingerprint density at radius 3 is 2.77 bits per heavy atom. The standard InChI is InChI=1S/C18H15FN2O5/c1-23-14-6-2-4-12(8-14)18-20-16(26-21-18)10-25-17(22)11-24-15-7-3-5-13(19)9-15/h2-9H,10-11H2,1H3. The molecule has 0 fully saturated rings. The van der Waals surface area contributed by atoms with E-state index in [1.165, 1.54) is 24.3 Å². The van der Waals surface area contributed by atoms with E-state index in [4.69, 9.17) is 18.7 Å². The first kappa shape index (κ1) is 17.4. The first-order valence-corrected chi connectivity index (χ1v) is 7.65. The van der Waals surface area contributed by atoms with Crippen molar-refractivity contribution in [2.24, 2.45) is 0 Å². The summed E-state index contributed by atoms with van der Waals surface area (Å²) in [5.41, 5.74) is 0.708. The summed E-state index contributed by atoms with van der Waals surface area (Å²) in [5.74, 6) is 0.296. The van der Waals surface area contributed by atoms with Crippen molar-refractivity contribution in [2.45, 2.75) is 6.61 Å². The highest BCUT2D eigenvalue weighted by Crippen LogP contribution is 2.21. The molecule has 0 aliphatic carbocycles. The van der Waals surface area contributed by atoms with E-state index < -0.39 is 11.8 Å². The number of carbonyl (C=O) groups excluding carboxylic acids is 1. The highest BCUT2D eigenvalue weighted by atomic mass is 19.1. The van der Waals surface area contributed by atoms with Gasteiger partial charge in [-0.05, 0) is 24.3 Å². The lowest BCUT2D eigenvalue weighted by atomic mass is 10.2. The van der Waals surface area contributed by atoms with Crippen molar-refractivity contribution in [3.05, 3.63) is 60.2 Å². The maximum Gasteiger partial charge on any atom is 0.344 e. The van der Waals surface area contributed by atoms with Crippen LogP contribution in [-0.2, 0) is 16.1 Å². The van der Waals surface area contributed by atoms with Crippen molar-refractivity contribution in [2.75, 3.05) is 13.7 Å². The fraction of sp³-hybridized carbons (Fsp3) is 0.167. The predicted octanol–water partition coefficient (Wildman–Crippen LogP) is 3.01. The van der Waals surface area contributed by atoms with Crippen molar-refractivity contribution >= 4 is 5.97 Å². The van der Waals surface area contributed by atoms with E-state index in [1.54, 1.807) is 31.4 Å². The Labute approximate surface area is 148 Å². The van der Waals surface area contributed by atoms with Gasteiger partial charge in [0, 0.05) is 11.6 Å². The van der Waals surface area contributed by atoms with Crippen LogP contribution in [0.3, 0.4) is 0 Å². The van der Waals surface area contributed by atoms with Crippen LogP contribution in [0.25, 0.3) is 11.4 Å². The molecule has 0 aliphatic heterocycles. The summed E-state index contributed by atoms with van der Waals surface area (Å²) in [6, 6.07) is 12.6. The highest BCUT2D eigenvalue weighted by molar-refractivity contribution is 5.71. The van der Waals surface area contributed by atoms with Gasteiger partial charge in [-0.25, -0.2) is 9.18 Å². The van der Waals surface area contributed by atoms with Gasteiger partial charge in [0.2, 0.25) is 5.82 Å². The minimum Gasteiger partial charge on any atom is -0.497 e. The van der Waals surface area contributed by atoms with Crippen molar-refractivity contribution in [3.63, 3.8) is 0 Å².